The molecule has 2 aromatic carbocycles. The van der Waals surface area contributed by atoms with Gasteiger partial charge in [0.1, 0.15) is 0 Å². The van der Waals surface area contributed by atoms with E-state index in [0.29, 0.717) is 41.3 Å². The third-order valence-corrected chi connectivity index (χ3v) is 4.02. The van der Waals surface area contributed by atoms with Crippen LogP contribution in [0.4, 0.5) is 5.69 Å². The highest BCUT2D eigenvalue weighted by molar-refractivity contribution is 5.96. The molecule has 0 aliphatic carbocycles. The number of hydrogen-bond acceptors (Lipinski definition) is 5. The van der Waals surface area contributed by atoms with Gasteiger partial charge in [-0.05, 0) is 63.6 Å². The fraction of sp³-hybridized carbons (Fsp3) is 0.348. The van der Waals surface area contributed by atoms with E-state index in [2.05, 4.69) is 10.6 Å². The van der Waals surface area contributed by atoms with Crippen LogP contribution in [0.3, 0.4) is 0 Å². The van der Waals surface area contributed by atoms with Crippen LogP contribution < -0.4 is 20.1 Å². The van der Waals surface area contributed by atoms with Crippen LogP contribution >= 0.6 is 0 Å². The summed E-state index contributed by atoms with van der Waals surface area (Å²) >= 11 is 0. The van der Waals surface area contributed by atoms with E-state index in [-0.39, 0.29) is 23.8 Å². The number of nitriles is 1. The minimum atomic E-state index is -0.312. The molecule has 0 spiro atoms. The maximum atomic E-state index is 12.1. The maximum absolute atomic E-state index is 12.1. The Hall–Kier alpha value is -3.53. The highest BCUT2D eigenvalue weighted by atomic mass is 16.5. The monoisotopic (exact) mass is 409 g/mol. The number of carbonyl (C=O) groups excluding carboxylic acids is 2. The first kappa shape index (κ1) is 22.8. The quantitative estimate of drug-likeness (QED) is 0.644. The topological polar surface area (TPSA) is 100 Å². The van der Waals surface area contributed by atoms with Gasteiger partial charge in [-0.15, -0.1) is 0 Å². The van der Waals surface area contributed by atoms with Crippen molar-refractivity contribution in [2.24, 2.45) is 0 Å². The Morgan fingerprint density at radius 3 is 2.37 bits per heavy atom. The summed E-state index contributed by atoms with van der Waals surface area (Å²) in [7, 11) is 1.51. The number of amides is 2. The van der Waals surface area contributed by atoms with Gasteiger partial charge in [0, 0.05) is 29.3 Å². The van der Waals surface area contributed by atoms with E-state index < -0.39 is 0 Å². The van der Waals surface area contributed by atoms with Crippen LogP contribution in [0.15, 0.2) is 42.5 Å². The molecular weight excluding hydrogens is 382 g/mol. The van der Waals surface area contributed by atoms with Crippen molar-refractivity contribution in [3.05, 3.63) is 53.6 Å². The van der Waals surface area contributed by atoms with Crippen LogP contribution in [0, 0.1) is 11.3 Å². The molecular formula is C23H27N3O4. The van der Waals surface area contributed by atoms with Crippen molar-refractivity contribution in [2.45, 2.75) is 39.2 Å². The number of nitrogens with one attached hydrogen (secondary N) is 2. The van der Waals surface area contributed by atoms with Crippen molar-refractivity contribution < 1.29 is 19.1 Å². The lowest BCUT2D eigenvalue weighted by Gasteiger charge is -2.20. The van der Waals surface area contributed by atoms with Gasteiger partial charge in [0.25, 0.3) is 5.91 Å². The van der Waals surface area contributed by atoms with Gasteiger partial charge >= 0.3 is 0 Å². The van der Waals surface area contributed by atoms with Crippen LogP contribution in [0.2, 0.25) is 0 Å². The van der Waals surface area contributed by atoms with Gasteiger partial charge in [-0.1, -0.05) is 0 Å². The largest absolute Gasteiger partial charge is 0.493 e. The molecule has 0 aromatic heterocycles. The summed E-state index contributed by atoms with van der Waals surface area (Å²) in [6.07, 6.45) is 0.798. The van der Waals surface area contributed by atoms with Crippen molar-refractivity contribution in [3.63, 3.8) is 0 Å². The normalized spacial score (nSPS) is 10.6. The molecule has 2 amide bonds. The van der Waals surface area contributed by atoms with E-state index in [1.54, 1.807) is 42.5 Å². The van der Waals surface area contributed by atoms with Crippen LogP contribution in [0.1, 0.15) is 49.5 Å². The number of benzene rings is 2. The summed E-state index contributed by atoms with van der Waals surface area (Å²) < 4.78 is 10.9. The van der Waals surface area contributed by atoms with E-state index in [9.17, 15) is 9.59 Å². The minimum Gasteiger partial charge on any atom is -0.493 e. The minimum absolute atomic E-state index is 0.141. The summed E-state index contributed by atoms with van der Waals surface area (Å²) in [5.41, 5.74) is 1.34. The van der Waals surface area contributed by atoms with Gasteiger partial charge in [-0.25, -0.2) is 0 Å². The van der Waals surface area contributed by atoms with E-state index in [1.165, 1.54) is 7.11 Å². The number of nitrogens with zero attached hydrogens (tertiary/aromatic N) is 1. The first-order chi connectivity index (χ1) is 14.2. The third kappa shape index (κ3) is 7.13. The molecule has 0 heterocycles. The second-order valence-electron chi connectivity index (χ2n) is 7.76. The van der Waals surface area contributed by atoms with Crippen molar-refractivity contribution in [1.29, 1.82) is 5.26 Å². The molecule has 0 bridgehead atoms. The second-order valence-corrected chi connectivity index (χ2v) is 7.76. The average molecular weight is 409 g/mol. The lowest BCUT2D eigenvalue weighted by atomic mass is 10.1. The van der Waals surface area contributed by atoms with Gasteiger partial charge < -0.3 is 20.1 Å². The molecule has 0 aliphatic rings. The molecule has 0 saturated heterocycles. The van der Waals surface area contributed by atoms with Crippen LogP contribution in [-0.4, -0.2) is 31.1 Å². The first-order valence-corrected chi connectivity index (χ1v) is 9.65. The summed E-state index contributed by atoms with van der Waals surface area (Å²) in [5.74, 6) is 0.711. The Morgan fingerprint density at radius 1 is 1.07 bits per heavy atom. The van der Waals surface area contributed by atoms with Crippen molar-refractivity contribution >= 4 is 17.5 Å². The SMILES string of the molecule is COc1cc(C#N)ccc1OCCCC(=O)Nc1ccc(C(=O)NC(C)(C)C)cc1. The standard InChI is InChI=1S/C23H27N3O4/c1-23(2,3)26-22(28)17-8-10-18(11-9-17)25-21(27)6-5-13-30-19-12-7-16(15-24)14-20(19)29-4/h7-12,14H,5-6,13H2,1-4H3,(H,25,27)(H,26,28). The van der Waals surface area contributed by atoms with Gasteiger partial charge in [-0.3, -0.25) is 9.59 Å². The zero-order chi connectivity index (χ0) is 22.1. The number of rotatable bonds is 8. The van der Waals surface area contributed by atoms with Crippen molar-refractivity contribution in [1.82, 2.24) is 5.32 Å². The molecule has 30 heavy (non-hydrogen) atoms. The Bertz CT molecular complexity index is 925. The summed E-state index contributed by atoms with van der Waals surface area (Å²) in [5, 5.41) is 14.6. The Morgan fingerprint density at radius 2 is 1.77 bits per heavy atom. The van der Waals surface area contributed by atoms with Crippen LogP contribution in [0.25, 0.3) is 0 Å². The number of methoxy groups -OCH3 is 1. The molecule has 0 unspecified atom stereocenters. The number of carbonyl (C=O) groups is 2. The first-order valence-electron chi connectivity index (χ1n) is 9.65. The fourth-order valence-electron chi connectivity index (χ4n) is 2.61. The average Bonchev–Trinajstić information content (AvgIpc) is 2.70. The second kappa shape index (κ2) is 10.3. The Labute approximate surface area is 177 Å². The van der Waals surface area contributed by atoms with E-state index in [4.69, 9.17) is 14.7 Å². The van der Waals surface area contributed by atoms with Gasteiger partial charge in [0.15, 0.2) is 11.5 Å². The van der Waals surface area contributed by atoms with Gasteiger partial charge in [-0.2, -0.15) is 5.26 Å². The Kier molecular flexibility index (Phi) is 7.82. The molecule has 2 aromatic rings. The van der Waals surface area contributed by atoms with E-state index in [1.807, 2.05) is 26.8 Å². The van der Waals surface area contributed by atoms with E-state index >= 15 is 0 Å². The smallest absolute Gasteiger partial charge is 0.251 e. The third-order valence-electron chi connectivity index (χ3n) is 4.02. The van der Waals surface area contributed by atoms with Gasteiger partial charge in [0.05, 0.1) is 25.3 Å². The molecule has 2 rings (SSSR count). The zero-order valence-corrected chi connectivity index (χ0v) is 17.7. The maximum Gasteiger partial charge on any atom is 0.251 e. The van der Waals surface area contributed by atoms with E-state index in [0.717, 1.165) is 0 Å². The summed E-state index contributed by atoms with van der Waals surface area (Å²) in [6, 6.07) is 13.7. The molecule has 0 fully saturated rings. The molecule has 0 radical (unpaired) electrons. The molecule has 7 heteroatoms. The molecule has 158 valence electrons. The highest BCUT2D eigenvalue weighted by Crippen LogP contribution is 2.28. The van der Waals surface area contributed by atoms with Crippen LogP contribution in [-0.2, 0) is 4.79 Å². The summed E-state index contributed by atoms with van der Waals surface area (Å²) in [4.78, 5) is 24.3. The fourth-order valence-corrected chi connectivity index (χ4v) is 2.61. The predicted molar refractivity (Wildman–Crippen MR) is 115 cm³/mol. The zero-order valence-electron chi connectivity index (χ0n) is 17.7. The molecule has 2 N–H and O–H groups in total. The highest BCUT2D eigenvalue weighted by Gasteiger charge is 2.15. The number of anilines is 1. The molecule has 7 nitrogen and oxygen atoms in total. The predicted octanol–water partition coefficient (Wildman–Crippen LogP) is 3.89. The Balaban J connectivity index is 1.79. The van der Waals surface area contributed by atoms with Crippen molar-refractivity contribution in [3.8, 4) is 17.6 Å². The molecule has 0 aliphatic heterocycles. The number of ether oxygens (including phenoxy) is 2. The lowest BCUT2D eigenvalue weighted by Crippen LogP contribution is -2.40. The molecule has 0 saturated carbocycles. The van der Waals surface area contributed by atoms with Crippen molar-refractivity contribution in [2.75, 3.05) is 19.0 Å². The lowest BCUT2D eigenvalue weighted by molar-refractivity contribution is -0.116. The molecule has 0 atom stereocenters. The summed E-state index contributed by atoms with van der Waals surface area (Å²) in [6.45, 7) is 6.09. The van der Waals surface area contributed by atoms with Gasteiger partial charge in [0.2, 0.25) is 5.91 Å². The van der Waals surface area contributed by atoms with Crippen LogP contribution in [0.5, 0.6) is 11.5 Å². The number of hydrogen-bond donors (Lipinski definition) is 2.